The van der Waals surface area contributed by atoms with Gasteiger partial charge in [0.15, 0.2) is 0 Å². The smallest absolute Gasteiger partial charge is 0.320 e. The van der Waals surface area contributed by atoms with Crippen molar-refractivity contribution in [2.45, 2.75) is 25.5 Å². The average molecular weight is 320 g/mol. The molecule has 1 aromatic carbocycles. The third kappa shape index (κ3) is 4.94. The fourth-order valence-electron chi connectivity index (χ4n) is 2.40. The predicted octanol–water partition coefficient (Wildman–Crippen LogP) is 0.283. The molecular weight excluding hydrogens is 296 g/mol. The highest BCUT2D eigenvalue weighted by atomic mass is 16.3. The molecule has 126 valence electrons. The van der Waals surface area contributed by atoms with Gasteiger partial charge in [0.05, 0.1) is 6.10 Å². The summed E-state index contributed by atoms with van der Waals surface area (Å²) in [5.41, 5.74) is -0.406. The van der Waals surface area contributed by atoms with Crippen molar-refractivity contribution in [1.29, 1.82) is 0 Å². The summed E-state index contributed by atoms with van der Waals surface area (Å²) in [5, 5.41) is 20.9. The highest BCUT2D eigenvalue weighted by Crippen LogP contribution is 2.10. The summed E-state index contributed by atoms with van der Waals surface area (Å²) in [7, 11) is 0. The molecule has 0 aromatic heterocycles. The van der Waals surface area contributed by atoms with E-state index < -0.39 is 17.7 Å². The Morgan fingerprint density at radius 2 is 1.96 bits per heavy atom. The van der Waals surface area contributed by atoms with E-state index in [9.17, 15) is 14.7 Å². The molecular formula is C16H24N4O3. The van der Waals surface area contributed by atoms with E-state index in [-0.39, 0.29) is 11.8 Å². The van der Waals surface area contributed by atoms with E-state index in [2.05, 4.69) is 21.3 Å². The fraction of sp³-hybridized carbons (Fsp3) is 0.500. The number of benzene rings is 1. The molecule has 1 aliphatic heterocycles. The largest absolute Gasteiger partial charge is 0.391 e. The lowest BCUT2D eigenvalue weighted by atomic mass is 10.0. The molecule has 2 rings (SSSR count). The first-order valence-corrected chi connectivity index (χ1v) is 7.70. The minimum Gasteiger partial charge on any atom is -0.391 e. The number of aliphatic hydroxyl groups excluding tert-OH is 1. The van der Waals surface area contributed by atoms with E-state index >= 15 is 0 Å². The summed E-state index contributed by atoms with van der Waals surface area (Å²) < 4.78 is 0. The van der Waals surface area contributed by atoms with Crippen LogP contribution in [-0.4, -0.2) is 48.3 Å². The van der Waals surface area contributed by atoms with Crippen molar-refractivity contribution in [2.75, 3.05) is 25.0 Å². The van der Waals surface area contributed by atoms with Crippen LogP contribution in [0.5, 0.6) is 0 Å². The van der Waals surface area contributed by atoms with Crippen LogP contribution in [0.4, 0.5) is 10.5 Å². The van der Waals surface area contributed by atoms with Crippen LogP contribution in [0.25, 0.3) is 0 Å². The molecule has 0 aliphatic carbocycles. The monoisotopic (exact) mass is 320 g/mol. The van der Waals surface area contributed by atoms with Crippen molar-refractivity contribution < 1.29 is 14.7 Å². The summed E-state index contributed by atoms with van der Waals surface area (Å²) in [6.45, 7) is 4.86. The second-order valence-corrected chi connectivity index (χ2v) is 6.27. The molecule has 0 radical (unpaired) electrons. The molecule has 1 heterocycles. The maximum absolute atomic E-state index is 12.3. The van der Waals surface area contributed by atoms with Crippen molar-refractivity contribution in [3.8, 4) is 0 Å². The zero-order valence-corrected chi connectivity index (χ0v) is 13.4. The minimum atomic E-state index is -1.06. The molecule has 7 heteroatoms. The highest BCUT2D eigenvalue weighted by Gasteiger charge is 2.31. The Bertz CT molecular complexity index is 548. The summed E-state index contributed by atoms with van der Waals surface area (Å²) in [6.07, 6.45) is -0.451. The van der Waals surface area contributed by atoms with Gasteiger partial charge in [-0.1, -0.05) is 18.2 Å². The van der Waals surface area contributed by atoms with Crippen molar-refractivity contribution >= 4 is 17.6 Å². The maximum atomic E-state index is 12.3. The van der Waals surface area contributed by atoms with E-state index in [0.717, 1.165) is 0 Å². The molecule has 1 aliphatic rings. The lowest BCUT2D eigenvalue weighted by Gasteiger charge is -2.26. The number of aliphatic hydroxyl groups is 1. The second kappa shape index (κ2) is 7.43. The van der Waals surface area contributed by atoms with Crippen molar-refractivity contribution in [1.82, 2.24) is 16.0 Å². The van der Waals surface area contributed by atoms with Gasteiger partial charge in [0.25, 0.3) is 0 Å². The van der Waals surface area contributed by atoms with Crippen LogP contribution in [0.15, 0.2) is 30.3 Å². The Morgan fingerprint density at radius 3 is 2.57 bits per heavy atom. The van der Waals surface area contributed by atoms with Gasteiger partial charge in [0.1, 0.15) is 5.54 Å². The number of para-hydroxylation sites is 1. The topological polar surface area (TPSA) is 102 Å². The zero-order chi connectivity index (χ0) is 16.9. The molecule has 0 bridgehead atoms. The highest BCUT2D eigenvalue weighted by molar-refractivity contribution is 5.95. The Morgan fingerprint density at radius 1 is 1.26 bits per heavy atom. The molecule has 5 N–H and O–H groups in total. The SMILES string of the molecule is CC(C)(NC(=O)Nc1ccccc1)C(=O)NCC1CNCC1O. The van der Waals surface area contributed by atoms with Crippen LogP contribution in [0, 0.1) is 5.92 Å². The summed E-state index contributed by atoms with van der Waals surface area (Å²) in [4.78, 5) is 24.3. The normalized spacial score (nSPS) is 20.8. The number of carbonyl (C=O) groups is 2. The van der Waals surface area contributed by atoms with Gasteiger partial charge >= 0.3 is 6.03 Å². The third-order valence-corrected chi connectivity index (χ3v) is 3.85. The van der Waals surface area contributed by atoms with Crippen LogP contribution in [0.1, 0.15) is 13.8 Å². The standard InChI is InChI=1S/C16H24N4O3/c1-16(2,14(22)18-9-11-8-17-10-13(11)21)20-15(23)19-12-6-4-3-5-7-12/h3-7,11,13,17,21H,8-10H2,1-2H3,(H,18,22)(H2,19,20,23). The number of rotatable bonds is 5. The molecule has 0 saturated carbocycles. The minimum absolute atomic E-state index is 0.00658. The van der Waals surface area contributed by atoms with Gasteiger partial charge in [-0.05, 0) is 26.0 Å². The third-order valence-electron chi connectivity index (χ3n) is 3.85. The Labute approximate surface area is 135 Å². The van der Waals surface area contributed by atoms with Crippen LogP contribution < -0.4 is 21.3 Å². The van der Waals surface area contributed by atoms with E-state index in [4.69, 9.17) is 0 Å². The number of amides is 3. The molecule has 2 unspecified atom stereocenters. The Kier molecular flexibility index (Phi) is 5.57. The molecule has 3 amide bonds. The molecule has 23 heavy (non-hydrogen) atoms. The van der Waals surface area contributed by atoms with Gasteiger partial charge in [-0.3, -0.25) is 4.79 Å². The Balaban J connectivity index is 1.82. The molecule has 2 atom stereocenters. The van der Waals surface area contributed by atoms with Crippen molar-refractivity contribution in [2.24, 2.45) is 5.92 Å². The molecule has 7 nitrogen and oxygen atoms in total. The van der Waals surface area contributed by atoms with Crippen LogP contribution in [0.3, 0.4) is 0 Å². The maximum Gasteiger partial charge on any atom is 0.320 e. The van der Waals surface area contributed by atoms with Crippen molar-refractivity contribution in [3.63, 3.8) is 0 Å². The summed E-state index contributed by atoms with van der Waals surface area (Å²) >= 11 is 0. The van der Waals surface area contributed by atoms with Gasteiger partial charge in [-0.15, -0.1) is 0 Å². The lowest BCUT2D eigenvalue weighted by Crippen LogP contribution is -2.56. The van der Waals surface area contributed by atoms with Crippen LogP contribution in [-0.2, 0) is 4.79 Å². The average Bonchev–Trinajstić information content (AvgIpc) is 2.90. The number of carbonyl (C=O) groups excluding carboxylic acids is 2. The predicted molar refractivity (Wildman–Crippen MR) is 88.1 cm³/mol. The van der Waals surface area contributed by atoms with E-state index in [1.54, 1.807) is 26.0 Å². The Hall–Kier alpha value is -2.12. The second-order valence-electron chi connectivity index (χ2n) is 6.27. The van der Waals surface area contributed by atoms with Gasteiger partial charge in [-0.25, -0.2) is 4.79 Å². The van der Waals surface area contributed by atoms with E-state index in [1.807, 2.05) is 18.2 Å². The van der Waals surface area contributed by atoms with Crippen LogP contribution in [0.2, 0.25) is 0 Å². The van der Waals surface area contributed by atoms with Crippen molar-refractivity contribution in [3.05, 3.63) is 30.3 Å². The van der Waals surface area contributed by atoms with Crippen LogP contribution >= 0.6 is 0 Å². The number of anilines is 1. The zero-order valence-electron chi connectivity index (χ0n) is 13.4. The number of hydrogen-bond donors (Lipinski definition) is 5. The molecule has 0 spiro atoms. The number of β-amino-alcohol motifs (C(OH)–C–C–N with tert-alkyl or cyclic N) is 1. The molecule has 1 fully saturated rings. The van der Waals surface area contributed by atoms with Gasteiger partial charge in [0.2, 0.25) is 5.91 Å². The first-order chi connectivity index (χ1) is 10.9. The van der Waals surface area contributed by atoms with E-state index in [0.29, 0.717) is 25.3 Å². The van der Waals surface area contributed by atoms with Gasteiger partial charge in [0, 0.05) is 31.2 Å². The number of hydrogen-bond acceptors (Lipinski definition) is 4. The number of urea groups is 1. The quantitative estimate of drug-likeness (QED) is 0.538. The summed E-state index contributed by atoms with van der Waals surface area (Å²) in [6, 6.07) is 8.57. The first-order valence-electron chi connectivity index (χ1n) is 7.70. The lowest BCUT2D eigenvalue weighted by molar-refractivity contribution is -0.126. The van der Waals surface area contributed by atoms with Gasteiger partial charge in [-0.2, -0.15) is 0 Å². The molecule has 1 aromatic rings. The first kappa shape index (κ1) is 17.2. The van der Waals surface area contributed by atoms with E-state index in [1.165, 1.54) is 0 Å². The number of nitrogens with one attached hydrogen (secondary N) is 4. The molecule has 1 saturated heterocycles. The summed E-state index contributed by atoms with van der Waals surface area (Å²) in [5.74, 6) is -0.298. The fourth-order valence-corrected chi connectivity index (χ4v) is 2.40. The van der Waals surface area contributed by atoms with Gasteiger partial charge < -0.3 is 26.4 Å².